The van der Waals surface area contributed by atoms with Crippen molar-refractivity contribution in [2.45, 2.75) is 58.7 Å². The standard InChI is InChI=1S/C12H20BNO2S/c1-6-7-10-14-8-9(17-10)13-15-11(2,3)12(4,5)16-13/h8H,6-7H2,1-5H3. The Balaban J connectivity index is 2.14. The molecule has 2 rings (SSSR count). The minimum absolute atomic E-state index is 0.261. The Morgan fingerprint density at radius 2 is 1.82 bits per heavy atom. The number of hydrogen-bond donors (Lipinski definition) is 0. The molecule has 0 N–H and O–H groups in total. The summed E-state index contributed by atoms with van der Waals surface area (Å²) in [4.78, 5) is 4.40. The summed E-state index contributed by atoms with van der Waals surface area (Å²) in [6.45, 7) is 10.4. The van der Waals surface area contributed by atoms with Gasteiger partial charge in [-0.15, -0.1) is 11.3 Å². The highest BCUT2D eigenvalue weighted by Gasteiger charge is 2.52. The van der Waals surface area contributed by atoms with Crippen molar-refractivity contribution >= 4 is 23.2 Å². The summed E-state index contributed by atoms with van der Waals surface area (Å²) in [5.74, 6) is 0. The Kier molecular flexibility index (Phi) is 3.36. The first-order chi connectivity index (χ1) is 7.86. The van der Waals surface area contributed by atoms with Crippen LogP contribution in [0.5, 0.6) is 0 Å². The maximum Gasteiger partial charge on any atom is 0.507 e. The molecule has 0 aromatic carbocycles. The fraction of sp³-hybridized carbons (Fsp3) is 0.750. The van der Waals surface area contributed by atoms with Crippen molar-refractivity contribution in [3.05, 3.63) is 11.2 Å². The third-order valence-electron chi connectivity index (χ3n) is 3.52. The van der Waals surface area contributed by atoms with E-state index < -0.39 is 0 Å². The van der Waals surface area contributed by atoms with E-state index >= 15 is 0 Å². The van der Waals surface area contributed by atoms with Crippen molar-refractivity contribution in [1.82, 2.24) is 4.98 Å². The molecule has 0 radical (unpaired) electrons. The Morgan fingerprint density at radius 3 is 2.35 bits per heavy atom. The summed E-state index contributed by atoms with van der Waals surface area (Å²) in [7, 11) is -0.261. The minimum atomic E-state index is -0.271. The van der Waals surface area contributed by atoms with Gasteiger partial charge in [0.15, 0.2) is 0 Å². The normalized spacial score (nSPS) is 22.1. The number of aryl methyl sites for hydroxylation is 1. The zero-order valence-corrected chi connectivity index (χ0v) is 12.1. The molecule has 1 fully saturated rings. The van der Waals surface area contributed by atoms with Crippen LogP contribution in [0.3, 0.4) is 0 Å². The fourth-order valence-corrected chi connectivity index (χ4v) is 2.70. The Bertz CT molecular complexity index is 387. The van der Waals surface area contributed by atoms with Gasteiger partial charge in [-0.05, 0) is 40.5 Å². The fourth-order valence-electron chi connectivity index (χ4n) is 1.72. The highest BCUT2D eigenvalue weighted by atomic mass is 32.1. The van der Waals surface area contributed by atoms with Crippen molar-refractivity contribution in [1.29, 1.82) is 0 Å². The summed E-state index contributed by atoms with van der Waals surface area (Å²) >= 11 is 1.70. The lowest BCUT2D eigenvalue weighted by molar-refractivity contribution is 0.00578. The number of nitrogens with zero attached hydrogens (tertiary/aromatic N) is 1. The number of rotatable bonds is 3. The maximum absolute atomic E-state index is 5.99. The second-order valence-electron chi connectivity index (χ2n) is 5.49. The summed E-state index contributed by atoms with van der Waals surface area (Å²) < 4.78 is 13.1. The summed E-state index contributed by atoms with van der Waals surface area (Å²) in [6, 6.07) is 0. The number of thiazole rings is 1. The topological polar surface area (TPSA) is 31.4 Å². The van der Waals surface area contributed by atoms with Crippen LogP contribution in [0.4, 0.5) is 0 Å². The van der Waals surface area contributed by atoms with E-state index in [1.165, 1.54) is 0 Å². The quantitative estimate of drug-likeness (QED) is 0.775. The van der Waals surface area contributed by atoms with Crippen LogP contribution in [0.1, 0.15) is 46.0 Å². The molecule has 1 aromatic rings. The Labute approximate surface area is 108 Å². The zero-order valence-electron chi connectivity index (χ0n) is 11.2. The molecule has 0 unspecified atom stereocenters. The van der Waals surface area contributed by atoms with Crippen LogP contribution in [0.25, 0.3) is 0 Å². The van der Waals surface area contributed by atoms with E-state index in [2.05, 4.69) is 39.6 Å². The van der Waals surface area contributed by atoms with E-state index in [0.717, 1.165) is 22.6 Å². The lowest BCUT2D eigenvalue weighted by Crippen LogP contribution is -2.41. The molecule has 1 aliphatic rings. The molecule has 0 atom stereocenters. The summed E-state index contributed by atoms with van der Waals surface area (Å²) in [5, 5.41) is 1.16. The van der Waals surface area contributed by atoms with Gasteiger partial charge >= 0.3 is 7.12 Å². The third kappa shape index (κ3) is 2.42. The molecule has 1 saturated heterocycles. The molecule has 2 heterocycles. The van der Waals surface area contributed by atoms with Gasteiger partial charge in [-0.2, -0.15) is 0 Å². The molecular formula is C12H20BNO2S. The predicted molar refractivity (Wildman–Crippen MR) is 71.8 cm³/mol. The number of aromatic nitrogens is 1. The smallest absolute Gasteiger partial charge is 0.399 e. The molecular weight excluding hydrogens is 233 g/mol. The van der Waals surface area contributed by atoms with Gasteiger partial charge in [0.25, 0.3) is 0 Å². The molecule has 0 spiro atoms. The Hall–Kier alpha value is -0.385. The molecule has 0 aliphatic carbocycles. The molecule has 0 bridgehead atoms. The average molecular weight is 253 g/mol. The van der Waals surface area contributed by atoms with Crippen LogP contribution in [0.2, 0.25) is 0 Å². The molecule has 1 aliphatic heterocycles. The van der Waals surface area contributed by atoms with Crippen molar-refractivity contribution in [3.8, 4) is 0 Å². The first-order valence-corrected chi connectivity index (χ1v) is 6.97. The van der Waals surface area contributed by atoms with Gasteiger partial charge in [-0.1, -0.05) is 6.92 Å². The van der Waals surface area contributed by atoms with Crippen LogP contribution in [0.15, 0.2) is 6.20 Å². The van der Waals surface area contributed by atoms with E-state index in [1.807, 2.05) is 6.20 Å². The van der Waals surface area contributed by atoms with Gasteiger partial charge < -0.3 is 9.31 Å². The molecule has 5 heteroatoms. The first kappa shape index (κ1) is 13.1. The predicted octanol–water partition coefficient (Wildman–Crippen LogP) is 2.39. The van der Waals surface area contributed by atoms with Gasteiger partial charge in [-0.25, -0.2) is 0 Å². The summed E-state index contributed by atoms with van der Waals surface area (Å²) in [6.07, 6.45) is 4.04. The van der Waals surface area contributed by atoms with Gasteiger partial charge in [0.2, 0.25) is 0 Å². The van der Waals surface area contributed by atoms with Crippen molar-refractivity contribution in [2.24, 2.45) is 0 Å². The Morgan fingerprint density at radius 1 is 1.24 bits per heavy atom. The largest absolute Gasteiger partial charge is 0.507 e. The molecule has 17 heavy (non-hydrogen) atoms. The van der Waals surface area contributed by atoms with E-state index in [1.54, 1.807) is 11.3 Å². The van der Waals surface area contributed by atoms with E-state index in [-0.39, 0.29) is 18.3 Å². The van der Waals surface area contributed by atoms with Crippen LogP contribution in [-0.4, -0.2) is 23.3 Å². The SMILES string of the molecule is CCCc1ncc(B2OC(C)(C)C(C)(C)O2)s1. The highest BCUT2D eigenvalue weighted by Crippen LogP contribution is 2.36. The monoisotopic (exact) mass is 253 g/mol. The molecule has 0 saturated carbocycles. The second kappa shape index (κ2) is 4.37. The van der Waals surface area contributed by atoms with Gasteiger partial charge in [0.05, 0.1) is 21.0 Å². The van der Waals surface area contributed by atoms with E-state index in [4.69, 9.17) is 9.31 Å². The molecule has 3 nitrogen and oxygen atoms in total. The van der Waals surface area contributed by atoms with E-state index in [9.17, 15) is 0 Å². The molecule has 94 valence electrons. The van der Waals surface area contributed by atoms with Crippen LogP contribution >= 0.6 is 11.3 Å². The van der Waals surface area contributed by atoms with Gasteiger partial charge in [0.1, 0.15) is 0 Å². The zero-order chi connectivity index (χ0) is 12.7. The van der Waals surface area contributed by atoms with Crippen LogP contribution in [0, 0.1) is 0 Å². The summed E-state index contributed by atoms with van der Waals surface area (Å²) in [5.41, 5.74) is -0.543. The average Bonchev–Trinajstić information content (AvgIpc) is 2.71. The van der Waals surface area contributed by atoms with Crippen LogP contribution in [-0.2, 0) is 15.7 Å². The third-order valence-corrected chi connectivity index (χ3v) is 4.60. The maximum atomic E-state index is 5.99. The van der Waals surface area contributed by atoms with Gasteiger partial charge in [-0.3, -0.25) is 4.98 Å². The highest BCUT2D eigenvalue weighted by molar-refractivity contribution is 7.22. The molecule has 1 aromatic heterocycles. The second-order valence-corrected chi connectivity index (χ2v) is 6.64. The lowest BCUT2D eigenvalue weighted by Gasteiger charge is -2.32. The molecule has 0 amide bonds. The first-order valence-electron chi connectivity index (χ1n) is 6.16. The van der Waals surface area contributed by atoms with Crippen LogP contribution < -0.4 is 4.78 Å². The van der Waals surface area contributed by atoms with E-state index in [0.29, 0.717) is 0 Å². The van der Waals surface area contributed by atoms with Crippen molar-refractivity contribution < 1.29 is 9.31 Å². The van der Waals surface area contributed by atoms with Crippen molar-refractivity contribution in [3.63, 3.8) is 0 Å². The minimum Gasteiger partial charge on any atom is -0.399 e. The van der Waals surface area contributed by atoms with Gasteiger partial charge in [0, 0.05) is 6.20 Å². The van der Waals surface area contributed by atoms with Crippen molar-refractivity contribution in [2.75, 3.05) is 0 Å². The lowest BCUT2D eigenvalue weighted by atomic mass is 9.89. The number of hydrogen-bond acceptors (Lipinski definition) is 4.